The molecule has 0 saturated carbocycles. The van der Waals surface area contributed by atoms with Gasteiger partial charge in [0.25, 0.3) is 0 Å². The Morgan fingerprint density at radius 3 is 1.75 bits per heavy atom. The van der Waals surface area contributed by atoms with Gasteiger partial charge in [0.2, 0.25) is 0 Å². The molecule has 24 heavy (non-hydrogen) atoms. The van der Waals surface area contributed by atoms with Gasteiger partial charge < -0.3 is 10.4 Å². The highest BCUT2D eigenvalue weighted by atomic mass is 16.8. The average Bonchev–Trinajstić information content (AvgIpc) is 2.94. The van der Waals surface area contributed by atoms with E-state index in [0.717, 1.165) is 22.5 Å². The van der Waals surface area contributed by atoms with Gasteiger partial charge in [0.1, 0.15) is 0 Å². The predicted molar refractivity (Wildman–Crippen MR) is 95.2 cm³/mol. The summed E-state index contributed by atoms with van der Waals surface area (Å²) in [6.45, 7) is 0. The van der Waals surface area contributed by atoms with Crippen LogP contribution in [0.3, 0.4) is 0 Å². The first kappa shape index (κ1) is 14.4. The number of fused-ring (bicyclic) bond motifs is 3. The van der Waals surface area contributed by atoms with Gasteiger partial charge in [-0.2, -0.15) is 5.10 Å². The molecule has 0 atom stereocenters. The van der Waals surface area contributed by atoms with Crippen LogP contribution in [0.4, 0.5) is 11.4 Å². The van der Waals surface area contributed by atoms with Crippen molar-refractivity contribution >= 4 is 17.1 Å². The van der Waals surface area contributed by atoms with Crippen LogP contribution in [0.25, 0.3) is 11.1 Å². The molecule has 0 unspecified atom stereocenters. The van der Waals surface area contributed by atoms with Gasteiger partial charge in [0.05, 0.1) is 17.1 Å². The highest BCUT2D eigenvalue weighted by molar-refractivity contribution is 6.24. The maximum absolute atomic E-state index is 10.8. The van der Waals surface area contributed by atoms with Crippen LogP contribution in [0, 0.1) is 5.21 Å². The second-order valence-electron chi connectivity index (χ2n) is 5.48. The van der Waals surface area contributed by atoms with E-state index in [2.05, 4.69) is 34.8 Å². The molecule has 3 aromatic carbocycles. The van der Waals surface area contributed by atoms with Gasteiger partial charge in [0, 0.05) is 11.1 Å². The van der Waals surface area contributed by atoms with Gasteiger partial charge in [-0.3, -0.25) is 10.6 Å². The number of nitrogens with one attached hydrogen (secondary N) is 1. The Morgan fingerprint density at radius 2 is 1.25 bits per heavy atom. The Morgan fingerprint density at radius 1 is 0.750 bits per heavy atom. The molecule has 0 amide bonds. The number of hydrazone groups is 1. The van der Waals surface area contributed by atoms with E-state index in [4.69, 9.17) is 5.21 Å². The molecule has 2 N–H and O–H groups in total. The predicted octanol–water partition coefficient (Wildman–Crippen LogP) is 4.22. The lowest BCUT2D eigenvalue weighted by Gasteiger charge is -2.21. The number of rotatable bonds is 3. The molecule has 0 radical (unpaired) electrons. The molecule has 5 heteroatoms. The molecule has 4 rings (SSSR count). The molecule has 0 aliphatic heterocycles. The largest absolute Gasteiger partial charge is 0.733 e. The van der Waals surface area contributed by atoms with E-state index >= 15 is 0 Å². The van der Waals surface area contributed by atoms with E-state index in [1.165, 1.54) is 23.3 Å². The molecule has 0 fully saturated rings. The van der Waals surface area contributed by atoms with Crippen molar-refractivity contribution in [1.82, 2.24) is 0 Å². The lowest BCUT2D eigenvalue weighted by molar-refractivity contribution is 0.296. The summed E-state index contributed by atoms with van der Waals surface area (Å²) in [6, 6.07) is 22.8. The van der Waals surface area contributed by atoms with Crippen LogP contribution in [0.5, 0.6) is 0 Å². The monoisotopic (exact) mass is 316 g/mol. The molecule has 1 aliphatic rings. The SMILES string of the molecule is [O-]N(O)c1ccc(NN=C2c3ccccc3-c3ccccc32)cc1. The topological polar surface area (TPSA) is 70.9 Å². The fourth-order valence-electron chi connectivity index (χ4n) is 2.90. The number of anilines is 2. The second-order valence-corrected chi connectivity index (χ2v) is 5.48. The van der Waals surface area contributed by atoms with E-state index in [9.17, 15) is 5.21 Å². The lowest BCUT2D eigenvalue weighted by atomic mass is 10.1. The van der Waals surface area contributed by atoms with Crippen LogP contribution in [-0.4, -0.2) is 10.9 Å². The lowest BCUT2D eigenvalue weighted by Crippen LogP contribution is -2.06. The molecule has 0 aromatic heterocycles. The summed E-state index contributed by atoms with van der Waals surface area (Å²) in [7, 11) is 0. The van der Waals surface area contributed by atoms with Gasteiger partial charge >= 0.3 is 0 Å². The van der Waals surface area contributed by atoms with Crippen molar-refractivity contribution in [2.75, 3.05) is 10.7 Å². The molecule has 1 aliphatic carbocycles. The van der Waals surface area contributed by atoms with E-state index in [1.54, 1.807) is 12.1 Å². The second kappa shape index (κ2) is 5.81. The van der Waals surface area contributed by atoms with Crippen molar-refractivity contribution in [1.29, 1.82) is 0 Å². The van der Waals surface area contributed by atoms with E-state index in [-0.39, 0.29) is 10.9 Å². The summed E-state index contributed by atoms with van der Waals surface area (Å²) in [5, 5.41) is 24.1. The Bertz CT molecular complexity index is 870. The third kappa shape index (κ3) is 2.42. The van der Waals surface area contributed by atoms with Crippen molar-refractivity contribution in [3.63, 3.8) is 0 Å². The smallest absolute Gasteiger partial charge is 0.0990 e. The summed E-state index contributed by atoms with van der Waals surface area (Å²) in [5.74, 6) is 0. The fourth-order valence-corrected chi connectivity index (χ4v) is 2.90. The molecular formula is C19H14N3O2-. The molecule has 0 heterocycles. The van der Waals surface area contributed by atoms with Gasteiger partial charge in [0.15, 0.2) is 0 Å². The maximum atomic E-state index is 10.8. The van der Waals surface area contributed by atoms with E-state index < -0.39 is 0 Å². The normalized spacial score (nSPS) is 11.7. The number of hydrogen-bond donors (Lipinski definition) is 2. The summed E-state index contributed by atoms with van der Waals surface area (Å²) in [4.78, 5) is 0. The van der Waals surface area contributed by atoms with Gasteiger partial charge in [-0.1, -0.05) is 48.5 Å². The minimum Gasteiger partial charge on any atom is -0.733 e. The molecule has 5 nitrogen and oxygen atoms in total. The summed E-state index contributed by atoms with van der Waals surface area (Å²) in [5.41, 5.74) is 9.33. The van der Waals surface area contributed by atoms with E-state index in [1.807, 2.05) is 24.3 Å². The molecule has 3 aromatic rings. The first-order valence-electron chi connectivity index (χ1n) is 7.53. The van der Waals surface area contributed by atoms with Crippen LogP contribution < -0.4 is 10.7 Å². The highest BCUT2D eigenvalue weighted by Gasteiger charge is 2.23. The van der Waals surface area contributed by atoms with Crippen LogP contribution in [0.15, 0.2) is 77.9 Å². The maximum Gasteiger partial charge on any atom is 0.0990 e. The number of benzene rings is 3. The standard InChI is InChI=1S/C19H14N3O2/c23-22(24)14-11-9-13(10-12-14)20-21-19-17-7-3-1-5-15(17)16-6-2-4-8-18(16)19/h1-12,20,23H/q-1. The van der Waals surface area contributed by atoms with Crippen LogP contribution in [0.2, 0.25) is 0 Å². The Labute approximate surface area is 139 Å². The number of nitrogens with zero attached hydrogens (tertiary/aromatic N) is 2. The zero-order valence-electron chi connectivity index (χ0n) is 12.7. The van der Waals surface area contributed by atoms with Gasteiger partial charge in [-0.05, 0) is 35.4 Å². The zero-order chi connectivity index (χ0) is 16.5. The summed E-state index contributed by atoms with van der Waals surface area (Å²) < 4.78 is 0. The van der Waals surface area contributed by atoms with Crippen molar-refractivity contribution < 1.29 is 5.21 Å². The minimum atomic E-state index is -0.168. The molecular weight excluding hydrogens is 302 g/mol. The Kier molecular flexibility index (Phi) is 3.49. The first-order valence-corrected chi connectivity index (χ1v) is 7.53. The third-order valence-corrected chi connectivity index (χ3v) is 4.04. The molecule has 118 valence electrons. The average molecular weight is 316 g/mol. The highest BCUT2D eigenvalue weighted by Crippen LogP contribution is 2.36. The fraction of sp³-hybridized carbons (Fsp3) is 0. The third-order valence-electron chi connectivity index (χ3n) is 4.04. The summed E-state index contributed by atoms with van der Waals surface area (Å²) in [6.07, 6.45) is 0. The van der Waals surface area contributed by atoms with Crippen LogP contribution in [-0.2, 0) is 0 Å². The quantitative estimate of drug-likeness (QED) is 0.555. The van der Waals surface area contributed by atoms with Gasteiger partial charge in [-0.15, -0.1) is 0 Å². The van der Waals surface area contributed by atoms with Crippen LogP contribution in [0.1, 0.15) is 11.1 Å². The van der Waals surface area contributed by atoms with E-state index in [0.29, 0.717) is 0 Å². The summed E-state index contributed by atoms with van der Waals surface area (Å²) >= 11 is 0. The van der Waals surface area contributed by atoms with Crippen molar-refractivity contribution in [3.05, 3.63) is 89.1 Å². The Hall–Kier alpha value is -3.15. The van der Waals surface area contributed by atoms with Crippen LogP contribution >= 0.6 is 0 Å². The molecule has 0 saturated heterocycles. The van der Waals surface area contributed by atoms with Crippen molar-refractivity contribution in [3.8, 4) is 11.1 Å². The van der Waals surface area contributed by atoms with Crippen molar-refractivity contribution in [2.45, 2.75) is 0 Å². The zero-order valence-corrected chi connectivity index (χ0v) is 12.7. The molecule has 0 spiro atoms. The Balaban J connectivity index is 1.69. The van der Waals surface area contributed by atoms with Gasteiger partial charge in [-0.25, -0.2) is 0 Å². The number of hydrogen-bond acceptors (Lipinski definition) is 5. The van der Waals surface area contributed by atoms with Crippen molar-refractivity contribution in [2.24, 2.45) is 5.10 Å². The molecule has 0 bridgehead atoms. The minimum absolute atomic E-state index is 0.168. The first-order chi connectivity index (χ1) is 11.7.